The standard InChI is InChI=1S/C11H20N2O/c12-8-10(7-9-3-4-9)11(14)13-5-1-2-6-13/h9-10H,1-8,12H2. The molecule has 0 aromatic carbocycles. The summed E-state index contributed by atoms with van der Waals surface area (Å²) in [7, 11) is 0. The number of carbonyl (C=O) groups excluding carboxylic acids is 1. The fourth-order valence-corrected chi connectivity index (χ4v) is 2.25. The van der Waals surface area contributed by atoms with E-state index in [1.807, 2.05) is 4.90 Å². The second-order valence-corrected chi connectivity index (χ2v) is 4.64. The molecule has 1 unspecified atom stereocenters. The third-order valence-corrected chi connectivity index (χ3v) is 3.37. The largest absolute Gasteiger partial charge is 0.342 e. The van der Waals surface area contributed by atoms with Crippen molar-refractivity contribution >= 4 is 5.91 Å². The molecule has 1 amide bonds. The first-order valence-corrected chi connectivity index (χ1v) is 5.80. The Balaban J connectivity index is 1.85. The van der Waals surface area contributed by atoms with E-state index in [9.17, 15) is 4.79 Å². The van der Waals surface area contributed by atoms with Crippen molar-refractivity contribution in [2.75, 3.05) is 19.6 Å². The Morgan fingerprint density at radius 1 is 1.36 bits per heavy atom. The van der Waals surface area contributed by atoms with E-state index in [2.05, 4.69) is 0 Å². The molecular weight excluding hydrogens is 176 g/mol. The van der Waals surface area contributed by atoms with Crippen molar-refractivity contribution in [3.05, 3.63) is 0 Å². The fraction of sp³-hybridized carbons (Fsp3) is 0.909. The van der Waals surface area contributed by atoms with Gasteiger partial charge in [-0.05, 0) is 25.2 Å². The van der Waals surface area contributed by atoms with Gasteiger partial charge in [0.25, 0.3) is 0 Å². The zero-order valence-electron chi connectivity index (χ0n) is 8.74. The van der Waals surface area contributed by atoms with Crippen LogP contribution in [0.1, 0.15) is 32.1 Å². The summed E-state index contributed by atoms with van der Waals surface area (Å²) in [4.78, 5) is 14.0. The van der Waals surface area contributed by atoms with Gasteiger partial charge in [0.2, 0.25) is 5.91 Å². The van der Waals surface area contributed by atoms with E-state index in [4.69, 9.17) is 5.73 Å². The van der Waals surface area contributed by atoms with Crippen molar-refractivity contribution in [3.8, 4) is 0 Å². The molecule has 1 atom stereocenters. The quantitative estimate of drug-likeness (QED) is 0.728. The van der Waals surface area contributed by atoms with Crippen molar-refractivity contribution in [1.82, 2.24) is 4.90 Å². The Kier molecular flexibility index (Phi) is 3.06. The van der Waals surface area contributed by atoms with Gasteiger partial charge in [-0.3, -0.25) is 4.79 Å². The maximum absolute atomic E-state index is 12.0. The molecule has 2 N–H and O–H groups in total. The summed E-state index contributed by atoms with van der Waals surface area (Å²) >= 11 is 0. The summed E-state index contributed by atoms with van der Waals surface area (Å²) < 4.78 is 0. The molecule has 1 saturated carbocycles. The van der Waals surface area contributed by atoms with Gasteiger partial charge in [0.15, 0.2) is 0 Å². The van der Waals surface area contributed by atoms with Crippen molar-refractivity contribution in [2.24, 2.45) is 17.6 Å². The van der Waals surface area contributed by atoms with Gasteiger partial charge in [-0.15, -0.1) is 0 Å². The lowest BCUT2D eigenvalue weighted by molar-refractivity contribution is -0.134. The number of carbonyl (C=O) groups is 1. The van der Waals surface area contributed by atoms with Crippen LogP contribution in [0.5, 0.6) is 0 Å². The monoisotopic (exact) mass is 196 g/mol. The third kappa shape index (κ3) is 2.27. The Morgan fingerprint density at radius 2 is 2.00 bits per heavy atom. The zero-order chi connectivity index (χ0) is 9.97. The molecule has 0 spiro atoms. The van der Waals surface area contributed by atoms with E-state index in [1.165, 1.54) is 25.7 Å². The average molecular weight is 196 g/mol. The van der Waals surface area contributed by atoms with Crippen LogP contribution in [0.2, 0.25) is 0 Å². The highest BCUT2D eigenvalue weighted by molar-refractivity contribution is 5.79. The van der Waals surface area contributed by atoms with E-state index >= 15 is 0 Å². The fourth-order valence-electron chi connectivity index (χ4n) is 2.25. The normalized spacial score (nSPS) is 23.9. The minimum absolute atomic E-state index is 0.112. The predicted molar refractivity (Wildman–Crippen MR) is 55.7 cm³/mol. The van der Waals surface area contributed by atoms with Crippen LogP contribution in [0.15, 0.2) is 0 Å². The third-order valence-electron chi connectivity index (χ3n) is 3.37. The number of hydrogen-bond acceptors (Lipinski definition) is 2. The maximum Gasteiger partial charge on any atom is 0.226 e. The second kappa shape index (κ2) is 4.30. The SMILES string of the molecule is NCC(CC1CC1)C(=O)N1CCCC1. The summed E-state index contributed by atoms with van der Waals surface area (Å²) in [5.41, 5.74) is 5.67. The number of nitrogens with two attached hydrogens (primary N) is 1. The molecule has 2 rings (SSSR count). The van der Waals surface area contributed by atoms with E-state index in [-0.39, 0.29) is 5.92 Å². The molecule has 1 aliphatic heterocycles. The van der Waals surface area contributed by atoms with Gasteiger partial charge in [0.1, 0.15) is 0 Å². The van der Waals surface area contributed by atoms with Gasteiger partial charge in [-0.2, -0.15) is 0 Å². The zero-order valence-corrected chi connectivity index (χ0v) is 8.74. The Bertz CT molecular complexity index is 207. The minimum Gasteiger partial charge on any atom is -0.342 e. The molecule has 1 saturated heterocycles. The molecule has 3 heteroatoms. The van der Waals surface area contributed by atoms with E-state index < -0.39 is 0 Å². The highest BCUT2D eigenvalue weighted by Gasteiger charge is 2.31. The van der Waals surface area contributed by atoms with Crippen molar-refractivity contribution < 1.29 is 4.79 Å². The Hall–Kier alpha value is -0.570. The number of rotatable bonds is 4. The first-order chi connectivity index (χ1) is 6.81. The molecule has 0 aromatic rings. The summed E-state index contributed by atoms with van der Waals surface area (Å²) in [6.45, 7) is 2.45. The Morgan fingerprint density at radius 3 is 2.50 bits per heavy atom. The predicted octanol–water partition coefficient (Wildman–Crippen LogP) is 0.984. The first kappa shape index (κ1) is 9.97. The molecular formula is C11H20N2O. The first-order valence-electron chi connectivity index (χ1n) is 5.80. The lowest BCUT2D eigenvalue weighted by Gasteiger charge is -2.21. The molecule has 80 valence electrons. The number of amides is 1. The molecule has 0 aromatic heterocycles. The van der Waals surface area contributed by atoms with E-state index in [0.29, 0.717) is 12.5 Å². The van der Waals surface area contributed by atoms with Crippen molar-refractivity contribution in [1.29, 1.82) is 0 Å². The lowest BCUT2D eigenvalue weighted by atomic mass is 10.0. The maximum atomic E-state index is 12.0. The highest BCUT2D eigenvalue weighted by Crippen LogP contribution is 2.35. The molecule has 14 heavy (non-hydrogen) atoms. The topological polar surface area (TPSA) is 46.3 Å². The van der Waals surface area contributed by atoms with Crippen molar-refractivity contribution in [2.45, 2.75) is 32.1 Å². The van der Waals surface area contributed by atoms with Gasteiger partial charge in [-0.1, -0.05) is 12.8 Å². The summed E-state index contributed by atoms with van der Waals surface area (Å²) in [6, 6.07) is 0. The molecule has 1 heterocycles. The molecule has 2 aliphatic rings. The molecule has 3 nitrogen and oxygen atoms in total. The second-order valence-electron chi connectivity index (χ2n) is 4.64. The van der Waals surface area contributed by atoms with Gasteiger partial charge >= 0.3 is 0 Å². The molecule has 1 aliphatic carbocycles. The van der Waals surface area contributed by atoms with Crippen LogP contribution in [0, 0.1) is 11.8 Å². The number of nitrogens with zero attached hydrogens (tertiary/aromatic N) is 1. The Labute approximate surface area is 85.6 Å². The average Bonchev–Trinajstić information content (AvgIpc) is 2.84. The smallest absolute Gasteiger partial charge is 0.226 e. The minimum atomic E-state index is 0.112. The molecule has 0 radical (unpaired) electrons. The van der Waals surface area contributed by atoms with Gasteiger partial charge < -0.3 is 10.6 Å². The summed E-state index contributed by atoms with van der Waals surface area (Å²) in [6.07, 6.45) is 6.00. The van der Waals surface area contributed by atoms with Gasteiger partial charge in [0, 0.05) is 19.6 Å². The van der Waals surface area contributed by atoms with Crippen LogP contribution in [0.25, 0.3) is 0 Å². The van der Waals surface area contributed by atoms with E-state index in [1.54, 1.807) is 0 Å². The molecule has 0 bridgehead atoms. The van der Waals surface area contributed by atoms with Crippen LogP contribution in [-0.2, 0) is 4.79 Å². The number of hydrogen-bond donors (Lipinski definition) is 1. The number of likely N-dealkylation sites (tertiary alicyclic amines) is 1. The van der Waals surface area contributed by atoms with Crippen molar-refractivity contribution in [3.63, 3.8) is 0 Å². The summed E-state index contributed by atoms with van der Waals surface area (Å²) in [5.74, 6) is 1.23. The van der Waals surface area contributed by atoms with Gasteiger partial charge in [0.05, 0.1) is 5.92 Å². The van der Waals surface area contributed by atoms with Crippen LogP contribution < -0.4 is 5.73 Å². The van der Waals surface area contributed by atoms with E-state index in [0.717, 1.165) is 25.4 Å². The lowest BCUT2D eigenvalue weighted by Crippen LogP contribution is -2.37. The highest BCUT2D eigenvalue weighted by atomic mass is 16.2. The van der Waals surface area contributed by atoms with Crippen LogP contribution in [0.4, 0.5) is 0 Å². The molecule has 2 fully saturated rings. The van der Waals surface area contributed by atoms with Crippen LogP contribution in [0.3, 0.4) is 0 Å². The van der Waals surface area contributed by atoms with Crippen LogP contribution >= 0.6 is 0 Å². The van der Waals surface area contributed by atoms with Gasteiger partial charge in [-0.25, -0.2) is 0 Å². The van der Waals surface area contributed by atoms with Crippen LogP contribution in [-0.4, -0.2) is 30.4 Å². The summed E-state index contributed by atoms with van der Waals surface area (Å²) in [5, 5.41) is 0.